The fourth-order valence-corrected chi connectivity index (χ4v) is 7.41. The monoisotopic (exact) mass is 1010 g/mol. The summed E-state index contributed by atoms with van der Waals surface area (Å²) >= 11 is 5.93. The van der Waals surface area contributed by atoms with Gasteiger partial charge in [0.2, 0.25) is 0 Å². The minimum absolute atomic E-state index is 0. The molecule has 0 aliphatic carbocycles. The Hall–Kier alpha value is -5.98. The van der Waals surface area contributed by atoms with Crippen LogP contribution in [0.5, 0.6) is 34.5 Å². The van der Waals surface area contributed by atoms with E-state index < -0.39 is 45.2 Å². The molecule has 0 bridgehead atoms. The van der Waals surface area contributed by atoms with Crippen molar-refractivity contribution >= 4 is 82.7 Å². The first-order valence-electron chi connectivity index (χ1n) is 18.5. The van der Waals surface area contributed by atoms with E-state index in [1.54, 1.807) is 38.5 Å². The van der Waals surface area contributed by atoms with Crippen molar-refractivity contribution in [3.8, 4) is 34.5 Å². The normalized spacial score (nSPS) is 11.5. The molecule has 2 heterocycles. The first-order chi connectivity index (χ1) is 30.5. The number of nitrogens with two attached hydrogens (primary N) is 1. The number of sulfone groups is 2. The van der Waals surface area contributed by atoms with Gasteiger partial charge >= 0.3 is 12.4 Å². The van der Waals surface area contributed by atoms with Gasteiger partial charge in [0.15, 0.2) is 55.9 Å². The maximum atomic E-state index is 12.7. The average molecular weight is 1020 g/mol. The van der Waals surface area contributed by atoms with Crippen LogP contribution in [0, 0.1) is 0 Å². The minimum atomic E-state index is -4.57. The van der Waals surface area contributed by atoms with Gasteiger partial charge in [-0.3, -0.25) is 0 Å². The van der Waals surface area contributed by atoms with Gasteiger partial charge in [0, 0.05) is 22.9 Å². The van der Waals surface area contributed by atoms with Crippen molar-refractivity contribution in [3.05, 3.63) is 78.5 Å². The maximum absolute atomic E-state index is 12.7. The number of fused-ring (bicyclic) bond motifs is 2. The number of rotatable bonds is 14. The summed E-state index contributed by atoms with van der Waals surface area (Å²) in [5.41, 5.74) is 6.50. The van der Waals surface area contributed by atoms with Crippen molar-refractivity contribution in [1.29, 1.82) is 0 Å². The lowest BCUT2D eigenvalue weighted by Gasteiger charge is -2.17. The number of halogens is 8. The molecule has 0 aliphatic heterocycles. The highest BCUT2D eigenvalue weighted by Crippen LogP contribution is 2.38. The van der Waals surface area contributed by atoms with Crippen LogP contribution in [0.3, 0.4) is 0 Å². The number of hydrogen-bond acceptors (Lipinski definition) is 16. The largest absolute Gasteiger partial charge is 0.493 e. The third-order valence-corrected chi connectivity index (χ3v) is 12.4. The summed E-state index contributed by atoms with van der Waals surface area (Å²) in [5, 5.41) is 4.49. The number of hydrogen-bond donors (Lipinski definition) is 2. The van der Waals surface area contributed by atoms with Crippen LogP contribution < -0.4 is 39.5 Å². The van der Waals surface area contributed by atoms with E-state index in [-0.39, 0.29) is 62.4 Å². The molecule has 0 unspecified atom stereocenters. The van der Waals surface area contributed by atoms with E-state index in [9.17, 15) is 43.2 Å². The number of benzene rings is 4. The van der Waals surface area contributed by atoms with E-state index in [4.69, 9.17) is 41.0 Å². The van der Waals surface area contributed by atoms with Crippen LogP contribution in [0.1, 0.15) is 13.8 Å². The van der Waals surface area contributed by atoms with E-state index in [1.807, 2.05) is 0 Å². The Morgan fingerprint density at radius 1 is 0.591 bits per heavy atom. The Morgan fingerprint density at radius 2 is 1.02 bits per heavy atom. The summed E-state index contributed by atoms with van der Waals surface area (Å²) < 4.78 is 152. The van der Waals surface area contributed by atoms with E-state index >= 15 is 0 Å². The zero-order chi connectivity index (χ0) is 48.3. The lowest BCUT2D eigenvalue weighted by molar-refractivity contribution is -0.154. The van der Waals surface area contributed by atoms with Crippen LogP contribution in [-0.2, 0) is 19.7 Å². The van der Waals surface area contributed by atoms with Gasteiger partial charge in [0.25, 0.3) is 0 Å². The summed E-state index contributed by atoms with van der Waals surface area (Å²) in [5.74, 6) is 1.58. The van der Waals surface area contributed by atoms with Gasteiger partial charge in [-0.2, -0.15) is 26.3 Å². The molecule has 360 valence electrons. The van der Waals surface area contributed by atoms with Gasteiger partial charge in [-0.1, -0.05) is 25.4 Å². The second-order valence-corrected chi connectivity index (χ2v) is 17.8. The molecule has 0 fully saturated rings. The van der Waals surface area contributed by atoms with Crippen LogP contribution in [0.15, 0.2) is 83.1 Å². The fourth-order valence-electron chi connectivity index (χ4n) is 5.39. The van der Waals surface area contributed by atoms with Crippen molar-refractivity contribution in [2.45, 2.75) is 36.0 Å². The van der Waals surface area contributed by atoms with Gasteiger partial charge in [-0.15, -0.1) is 12.4 Å². The topological polar surface area (TPSA) is 213 Å². The average Bonchev–Trinajstić information content (AvgIpc) is 3.27. The van der Waals surface area contributed by atoms with Gasteiger partial charge in [-0.05, 0) is 48.5 Å². The van der Waals surface area contributed by atoms with Crippen LogP contribution in [0.25, 0.3) is 21.8 Å². The molecule has 0 saturated carbocycles. The highest BCUT2D eigenvalue weighted by Gasteiger charge is 2.30. The molecule has 0 amide bonds. The molecule has 26 heteroatoms. The summed E-state index contributed by atoms with van der Waals surface area (Å²) in [7, 11) is -1.00. The molecule has 6 aromatic rings. The van der Waals surface area contributed by atoms with E-state index in [0.717, 1.165) is 23.0 Å². The molecule has 0 saturated heterocycles. The smallest absolute Gasteiger partial charge is 0.422 e. The Morgan fingerprint density at radius 3 is 1.48 bits per heavy atom. The molecule has 66 heavy (non-hydrogen) atoms. The zero-order valence-corrected chi connectivity index (χ0v) is 38.8. The Balaban J connectivity index is 0.000000287. The molecule has 0 aliphatic rings. The van der Waals surface area contributed by atoms with Crippen molar-refractivity contribution in [2.24, 2.45) is 0 Å². The number of aromatic nitrogens is 4. The first kappa shape index (κ1) is 54.4. The SMILES string of the molecule is CCS(=O)(=O)c1ccc(OCC(F)(F)F)c(N)c1.CCS(=O)(=O)c1ccc(OCC(F)(F)F)c(Nc2ncnc3cc(OC)c(OC)cc23)c1.COc1cc2ncnc(Cl)c2cc1OC.Cl. The molecular formula is C40H42Cl2F6N6O10S2. The van der Waals surface area contributed by atoms with Crippen LogP contribution in [0.4, 0.5) is 43.5 Å². The summed E-state index contributed by atoms with van der Waals surface area (Å²) in [6, 6.07) is 13.7. The first-order valence-corrected chi connectivity index (χ1v) is 22.2. The van der Waals surface area contributed by atoms with Crippen molar-refractivity contribution in [3.63, 3.8) is 0 Å². The predicted molar refractivity (Wildman–Crippen MR) is 237 cm³/mol. The van der Waals surface area contributed by atoms with Crippen molar-refractivity contribution in [2.75, 3.05) is 64.2 Å². The molecule has 0 radical (unpaired) electrons. The number of anilines is 3. The lowest BCUT2D eigenvalue weighted by Crippen LogP contribution is -2.19. The molecule has 0 atom stereocenters. The number of nitrogens with one attached hydrogen (secondary N) is 1. The number of alkyl halides is 6. The van der Waals surface area contributed by atoms with Crippen LogP contribution >= 0.6 is 24.0 Å². The third-order valence-electron chi connectivity index (χ3n) is 8.68. The standard InChI is InChI=1S/C20H20F3N3O5S.C10H9ClN2O2.C10H12F3NO3S.ClH/c1-4-32(27,28)12-5-6-16(31-10-20(21,22)23)15(7-12)26-19-13-8-17(29-2)18(30-3)9-14(13)24-11-25-19;1-14-8-3-6-7(4-9(8)15-2)12-5-13-10(6)11;1-2-18(15,16)7-3-4-9(8(14)5-7)17-6-10(11,12)13;/h5-9,11H,4,10H2,1-3H3,(H,24,25,26);3-5H,1-2H3;3-5H,2,6,14H2,1H3;1H. The lowest BCUT2D eigenvalue weighted by atomic mass is 10.2. The second-order valence-electron chi connectivity index (χ2n) is 12.9. The molecule has 0 spiro atoms. The Bertz CT molecular complexity index is 2850. The maximum Gasteiger partial charge on any atom is 0.422 e. The van der Waals surface area contributed by atoms with Gasteiger partial charge < -0.3 is 39.5 Å². The summed E-state index contributed by atoms with van der Waals surface area (Å²) in [4.78, 5) is 16.2. The molecule has 4 aromatic carbocycles. The van der Waals surface area contributed by atoms with Crippen LogP contribution in [-0.4, -0.2) is 102 Å². The van der Waals surface area contributed by atoms with E-state index in [0.29, 0.717) is 39.1 Å². The highest BCUT2D eigenvalue weighted by atomic mass is 35.5. The third kappa shape index (κ3) is 14.5. The van der Waals surface area contributed by atoms with Gasteiger partial charge in [0.1, 0.15) is 35.1 Å². The van der Waals surface area contributed by atoms with Crippen LogP contribution in [0.2, 0.25) is 5.15 Å². The predicted octanol–water partition coefficient (Wildman–Crippen LogP) is 8.85. The van der Waals surface area contributed by atoms with E-state index in [1.165, 1.54) is 65.0 Å². The van der Waals surface area contributed by atoms with E-state index in [2.05, 4.69) is 30.0 Å². The highest BCUT2D eigenvalue weighted by molar-refractivity contribution is 7.91. The molecule has 16 nitrogen and oxygen atoms in total. The number of nitrogen functional groups attached to an aromatic ring is 1. The molecular weight excluding hydrogens is 973 g/mol. The fraction of sp³-hybridized carbons (Fsp3) is 0.300. The Labute approximate surface area is 386 Å². The van der Waals surface area contributed by atoms with Gasteiger partial charge in [-0.25, -0.2) is 36.8 Å². The van der Waals surface area contributed by atoms with Gasteiger partial charge in [0.05, 0.1) is 72.1 Å². The number of nitrogens with zero attached hydrogens (tertiary/aromatic N) is 4. The minimum Gasteiger partial charge on any atom is -0.493 e. The Kier molecular flexibility index (Phi) is 18.9. The molecule has 6 rings (SSSR count). The zero-order valence-electron chi connectivity index (χ0n) is 35.6. The quantitative estimate of drug-likeness (QED) is 0.0592. The summed E-state index contributed by atoms with van der Waals surface area (Å²) in [6.07, 6.45) is -6.38. The molecule has 2 aromatic heterocycles. The number of ether oxygens (including phenoxy) is 6. The number of methoxy groups -OCH3 is 4. The second kappa shape index (κ2) is 23.0. The van der Waals surface area contributed by atoms with Crippen molar-refractivity contribution < 1.29 is 71.6 Å². The molecule has 3 N–H and O–H groups in total. The van der Waals surface area contributed by atoms with Crippen molar-refractivity contribution in [1.82, 2.24) is 19.9 Å². The summed E-state index contributed by atoms with van der Waals surface area (Å²) in [6.45, 7) is -0.0954.